The Labute approximate surface area is 109 Å². The van der Waals surface area contributed by atoms with E-state index in [2.05, 4.69) is 12.6 Å². The van der Waals surface area contributed by atoms with E-state index in [9.17, 15) is 17.2 Å². The van der Waals surface area contributed by atoms with E-state index in [1.807, 2.05) is 0 Å². The molecule has 2 rings (SSSR count). The van der Waals surface area contributed by atoms with Crippen LogP contribution < -0.4 is 0 Å². The van der Waals surface area contributed by atoms with Gasteiger partial charge < -0.3 is 0 Å². The van der Waals surface area contributed by atoms with E-state index in [0.717, 1.165) is 12.1 Å². The average Bonchev–Trinajstić information content (AvgIpc) is 2.29. The molecule has 18 heavy (non-hydrogen) atoms. The minimum Gasteiger partial charge on any atom is -0.218 e. The van der Waals surface area contributed by atoms with Crippen molar-refractivity contribution in [3.63, 3.8) is 0 Å². The van der Waals surface area contributed by atoms with Gasteiger partial charge in [0, 0.05) is 11.0 Å². The Morgan fingerprint density at radius 3 is 2.11 bits per heavy atom. The van der Waals surface area contributed by atoms with Crippen LogP contribution in [0.2, 0.25) is 0 Å². The summed E-state index contributed by atoms with van der Waals surface area (Å²) < 4.78 is 50.4. The number of hydrogen-bond donors (Lipinski definition) is 1. The van der Waals surface area contributed by atoms with Crippen LogP contribution in [-0.4, -0.2) is 8.42 Å². The van der Waals surface area contributed by atoms with Crippen molar-refractivity contribution >= 4 is 22.5 Å². The van der Waals surface area contributed by atoms with Crippen molar-refractivity contribution in [2.45, 2.75) is 14.7 Å². The van der Waals surface area contributed by atoms with Gasteiger partial charge in [0.15, 0.2) is 0 Å². The molecule has 0 amide bonds. The van der Waals surface area contributed by atoms with Gasteiger partial charge in [-0.2, -0.15) is 0 Å². The lowest BCUT2D eigenvalue weighted by molar-refractivity contribution is 0.549. The van der Waals surface area contributed by atoms with Crippen molar-refractivity contribution in [3.8, 4) is 0 Å². The van der Waals surface area contributed by atoms with Gasteiger partial charge in [0.25, 0.3) is 0 Å². The Kier molecular flexibility index (Phi) is 3.41. The molecule has 2 aromatic carbocycles. The molecule has 0 spiro atoms. The highest BCUT2D eigenvalue weighted by Gasteiger charge is 2.21. The number of sulfone groups is 1. The normalized spacial score (nSPS) is 11.5. The maximum Gasteiger partial charge on any atom is 0.209 e. The first-order valence-electron chi connectivity index (χ1n) is 4.90. The monoisotopic (exact) mass is 286 g/mol. The van der Waals surface area contributed by atoms with Crippen molar-refractivity contribution < 1.29 is 17.2 Å². The predicted octanol–water partition coefficient (Wildman–Crippen LogP) is 3.09. The number of hydrogen-bond acceptors (Lipinski definition) is 3. The molecule has 0 radical (unpaired) electrons. The van der Waals surface area contributed by atoms with Crippen LogP contribution in [0.4, 0.5) is 8.78 Å². The number of benzene rings is 2. The first-order valence-corrected chi connectivity index (χ1v) is 6.83. The van der Waals surface area contributed by atoms with Crippen molar-refractivity contribution in [3.05, 3.63) is 54.1 Å². The topological polar surface area (TPSA) is 34.1 Å². The quantitative estimate of drug-likeness (QED) is 0.680. The summed E-state index contributed by atoms with van der Waals surface area (Å²) in [7, 11) is -3.98. The van der Waals surface area contributed by atoms with Crippen molar-refractivity contribution in [1.29, 1.82) is 0 Å². The van der Waals surface area contributed by atoms with Gasteiger partial charge in [-0.25, -0.2) is 17.2 Å². The Bertz CT molecular complexity index is 680. The minimum absolute atomic E-state index is 0.0641. The number of halogens is 2. The summed E-state index contributed by atoms with van der Waals surface area (Å²) in [5.74, 6) is -1.93. The predicted molar refractivity (Wildman–Crippen MR) is 65.5 cm³/mol. The molecule has 0 atom stereocenters. The van der Waals surface area contributed by atoms with Crippen LogP contribution in [0.1, 0.15) is 0 Å². The Morgan fingerprint density at radius 2 is 1.56 bits per heavy atom. The lowest BCUT2D eigenvalue weighted by Crippen LogP contribution is -2.04. The van der Waals surface area contributed by atoms with Crippen LogP contribution in [0.15, 0.2) is 57.2 Å². The fraction of sp³-hybridized carbons (Fsp3) is 0. The lowest BCUT2D eigenvalue weighted by atomic mass is 10.3. The van der Waals surface area contributed by atoms with Crippen LogP contribution in [0.25, 0.3) is 0 Å². The van der Waals surface area contributed by atoms with Crippen LogP contribution in [-0.2, 0) is 9.84 Å². The fourth-order valence-electron chi connectivity index (χ4n) is 1.45. The van der Waals surface area contributed by atoms with Crippen molar-refractivity contribution in [2.75, 3.05) is 0 Å². The van der Waals surface area contributed by atoms with Crippen LogP contribution in [0.3, 0.4) is 0 Å². The molecule has 0 aromatic heterocycles. The molecular weight excluding hydrogens is 278 g/mol. The SMILES string of the molecule is O=S(=O)(c1ccc(S)cc1)c1ccc(F)cc1F. The van der Waals surface area contributed by atoms with E-state index in [1.165, 1.54) is 24.3 Å². The second-order valence-corrected chi connectivity index (χ2v) is 6.01. The number of thiol groups is 1. The van der Waals surface area contributed by atoms with E-state index in [-0.39, 0.29) is 4.90 Å². The molecule has 0 heterocycles. The standard InChI is InChI=1S/C12H8F2O2S2/c13-8-1-6-12(11(14)7-8)18(15,16)10-4-2-9(17)3-5-10/h1-7,17H. The molecule has 2 aromatic rings. The van der Waals surface area contributed by atoms with E-state index < -0.39 is 26.4 Å². The molecule has 0 saturated heterocycles. The van der Waals surface area contributed by atoms with Gasteiger partial charge in [0.2, 0.25) is 9.84 Å². The van der Waals surface area contributed by atoms with E-state index in [0.29, 0.717) is 11.0 Å². The smallest absolute Gasteiger partial charge is 0.209 e. The van der Waals surface area contributed by atoms with Gasteiger partial charge in [-0.3, -0.25) is 0 Å². The van der Waals surface area contributed by atoms with Crippen molar-refractivity contribution in [1.82, 2.24) is 0 Å². The zero-order chi connectivity index (χ0) is 13.3. The number of rotatable bonds is 2. The minimum atomic E-state index is -3.98. The van der Waals surface area contributed by atoms with Gasteiger partial charge in [0.05, 0.1) is 4.90 Å². The lowest BCUT2D eigenvalue weighted by Gasteiger charge is -2.06. The summed E-state index contributed by atoms with van der Waals surface area (Å²) in [6.45, 7) is 0. The van der Waals surface area contributed by atoms with E-state index >= 15 is 0 Å². The molecule has 0 aliphatic carbocycles. The molecule has 0 unspecified atom stereocenters. The Morgan fingerprint density at radius 1 is 0.944 bits per heavy atom. The summed E-state index contributed by atoms with van der Waals surface area (Å²) in [5.41, 5.74) is 0. The molecule has 0 fully saturated rings. The molecule has 0 aliphatic heterocycles. The summed E-state index contributed by atoms with van der Waals surface area (Å²) in [6.07, 6.45) is 0. The van der Waals surface area contributed by atoms with E-state index in [4.69, 9.17) is 0 Å². The second-order valence-electron chi connectivity index (χ2n) is 3.57. The zero-order valence-corrected chi connectivity index (χ0v) is 10.7. The third-order valence-corrected chi connectivity index (χ3v) is 4.43. The zero-order valence-electron chi connectivity index (χ0n) is 8.97. The highest BCUT2D eigenvalue weighted by Crippen LogP contribution is 2.24. The maximum atomic E-state index is 13.5. The maximum absolute atomic E-state index is 13.5. The van der Waals surface area contributed by atoms with Crippen LogP contribution >= 0.6 is 12.6 Å². The van der Waals surface area contributed by atoms with Crippen LogP contribution in [0.5, 0.6) is 0 Å². The molecule has 0 N–H and O–H groups in total. The summed E-state index contributed by atoms with van der Waals surface area (Å²) in [6, 6.07) is 7.97. The third kappa shape index (κ3) is 2.39. The fourth-order valence-corrected chi connectivity index (χ4v) is 2.91. The highest BCUT2D eigenvalue weighted by molar-refractivity contribution is 7.91. The summed E-state index contributed by atoms with van der Waals surface area (Å²) in [5, 5.41) is 0. The van der Waals surface area contributed by atoms with Crippen LogP contribution in [0, 0.1) is 11.6 Å². The second kappa shape index (κ2) is 4.70. The third-order valence-electron chi connectivity index (χ3n) is 2.33. The molecule has 0 aliphatic rings. The first-order chi connectivity index (χ1) is 8.41. The average molecular weight is 286 g/mol. The molecule has 0 bridgehead atoms. The van der Waals surface area contributed by atoms with Gasteiger partial charge in [-0.05, 0) is 36.4 Å². The van der Waals surface area contributed by atoms with Gasteiger partial charge in [-0.1, -0.05) is 0 Å². The molecule has 2 nitrogen and oxygen atoms in total. The van der Waals surface area contributed by atoms with E-state index in [1.54, 1.807) is 0 Å². The van der Waals surface area contributed by atoms with Crippen molar-refractivity contribution in [2.24, 2.45) is 0 Å². The summed E-state index contributed by atoms with van der Waals surface area (Å²) >= 11 is 4.03. The summed E-state index contributed by atoms with van der Waals surface area (Å²) in [4.78, 5) is -0.0184. The van der Waals surface area contributed by atoms with Gasteiger partial charge in [0.1, 0.15) is 16.5 Å². The molecular formula is C12H8F2O2S2. The molecule has 6 heteroatoms. The first kappa shape index (κ1) is 13.0. The molecule has 94 valence electrons. The van der Waals surface area contributed by atoms with Gasteiger partial charge >= 0.3 is 0 Å². The Balaban J connectivity index is 2.58. The highest BCUT2D eigenvalue weighted by atomic mass is 32.2. The molecule has 0 saturated carbocycles. The largest absolute Gasteiger partial charge is 0.218 e. The van der Waals surface area contributed by atoms with Gasteiger partial charge in [-0.15, -0.1) is 12.6 Å². The Hall–Kier alpha value is -1.40.